The zero-order chi connectivity index (χ0) is 12.7. The lowest BCUT2D eigenvalue weighted by Gasteiger charge is -1.99. The van der Waals surface area contributed by atoms with Crippen LogP contribution < -0.4 is 0 Å². The van der Waals surface area contributed by atoms with Gasteiger partial charge in [-0.05, 0) is 18.2 Å². The number of aromatic nitrogens is 4. The summed E-state index contributed by atoms with van der Waals surface area (Å²) < 4.78 is 14.8. The van der Waals surface area contributed by atoms with Crippen LogP contribution in [-0.4, -0.2) is 24.9 Å². The highest BCUT2D eigenvalue weighted by molar-refractivity contribution is 7.19. The normalized spacial score (nSPS) is 11.2. The van der Waals surface area contributed by atoms with Gasteiger partial charge in [-0.2, -0.15) is 9.61 Å². The van der Waals surface area contributed by atoms with Gasteiger partial charge in [-0.15, -0.1) is 10.2 Å². The van der Waals surface area contributed by atoms with Crippen molar-refractivity contribution >= 4 is 16.3 Å². The van der Waals surface area contributed by atoms with Crippen LogP contribution in [0.25, 0.3) is 15.5 Å². The zero-order valence-corrected chi connectivity index (χ0v) is 10.3. The van der Waals surface area contributed by atoms with Crippen molar-refractivity contribution in [2.45, 2.75) is 13.3 Å². The summed E-state index contributed by atoms with van der Waals surface area (Å²) in [6.45, 7) is 1.95. The highest BCUT2D eigenvalue weighted by Gasteiger charge is 2.14. The van der Waals surface area contributed by atoms with E-state index in [1.807, 2.05) is 6.92 Å². The minimum Gasteiger partial charge on any atom is -0.507 e. The maximum atomic E-state index is 13.2. The standard InChI is InChI=1S/C11H9FN4OS/c1-2-9-13-14-11-16(9)15-10(18-11)7-5-6(12)3-4-8(7)17/h3-5,17H,2H2,1H3. The number of halogens is 1. The minimum atomic E-state index is -0.413. The van der Waals surface area contributed by atoms with Crippen molar-refractivity contribution in [2.75, 3.05) is 0 Å². The monoisotopic (exact) mass is 264 g/mol. The smallest absolute Gasteiger partial charge is 0.234 e. The van der Waals surface area contributed by atoms with Crippen LogP contribution >= 0.6 is 11.3 Å². The number of fused-ring (bicyclic) bond motifs is 1. The predicted octanol–water partition coefficient (Wildman–Crippen LogP) is 2.26. The number of benzene rings is 1. The maximum Gasteiger partial charge on any atom is 0.234 e. The fourth-order valence-corrected chi connectivity index (χ4v) is 2.55. The molecular weight excluding hydrogens is 255 g/mol. The van der Waals surface area contributed by atoms with Crippen molar-refractivity contribution in [3.8, 4) is 16.3 Å². The number of phenols is 1. The summed E-state index contributed by atoms with van der Waals surface area (Å²) in [7, 11) is 0. The van der Waals surface area contributed by atoms with Crippen molar-refractivity contribution < 1.29 is 9.50 Å². The molecular formula is C11H9FN4OS. The Morgan fingerprint density at radius 2 is 2.22 bits per heavy atom. The van der Waals surface area contributed by atoms with Gasteiger partial charge in [0.05, 0.1) is 5.56 Å². The second kappa shape index (κ2) is 4.02. The molecule has 2 aromatic heterocycles. The summed E-state index contributed by atoms with van der Waals surface area (Å²) in [5, 5.41) is 22.5. The van der Waals surface area contributed by atoms with Gasteiger partial charge in [0.1, 0.15) is 11.6 Å². The van der Waals surface area contributed by atoms with Crippen molar-refractivity contribution in [3.05, 3.63) is 29.8 Å². The lowest BCUT2D eigenvalue weighted by molar-refractivity contribution is 0.475. The topological polar surface area (TPSA) is 63.3 Å². The first kappa shape index (κ1) is 11.1. The molecule has 5 nitrogen and oxygen atoms in total. The summed E-state index contributed by atoms with van der Waals surface area (Å²) in [6.07, 6.45) is 0.708. The number of hydrogen-bond donors (Lipinski definition) is 1. The number of nitrogens with zero attached hydrogens (tertiary/aromatic N) is 4. The Kier molecular flexibility index (Phi) is 2.48. The summed E-state index contributed by atoms with van der Waals surface area (Å²) in [5.41, 5.74) is 0.368. The van der Waals surface area contributed by atoms with E-state index < -0.39 is 5.82 Å². The van der Waals surface area contributed by atoms with Gasteiger partial charge in [-0.3, -0.25) is 0 Å². The molecule has 2 heterocycles. The van der Waals surface area contributed by atoms with Crippen LogP contribution in [0.5, 0.6) is 5.75 Å². The lowest BCUT2D eigenvalue weighted by atomic mass is 10.2. The van der Waals surface area contributed by atoms with E-state index in [4.69, 9.17) is 0 Å². The van der Waals surface area contributed by atoms with E-state index in [2.05, 4.69) is 15.3 Å². The van der Waals surface area contributed by atoms with Gasteiger partial charge >= 0.3 is 0 Å². The number of aryl methyl sites for hydroxylation is 1. The molecule has 1 N–H and O–H groups in total. The molecule has 0 spiro atoms. The van der Waals surface area contributed by atoms with E-state index in [0.717, 1.165) is 5.82 Å². The highest BCUT2D eigenvalue weighted by atomic mass is 32.1. The second-order valence-corrected chi connectivity index (χ2v) is 4.69. The van der Waals surface area contributed by atoms with Gasteiger partial charge in [0.25, 0.3) is 0 Å². The van der Waals surface area contributed by atoms with E-state index in [9.17, 15) is 9.50 Å². The van der Waals surface area contributed by atoms with Crippen molar-refractivity contribution in [1.82, 2.24) is 19.8 Å². The second-order valence-electron chi connectivity index (χ2n) is 3.73. The largest absolute Gasteiger partial charge is 0.507 e. The van der Waals surface area contributed by atoms with Crippen molar-refractivity contribution in [2.24, 2.45) is 0 Å². The van der Waals surface area contributed by atoms with Crippen LogP contribution in [0, 0.1) is 5.82 Å². The molecule has 7 heteroatoms. The van der Waals surface area contributed by atoms with Crippen LogP contribution in [0.3, 0.4) is 0 Å². The third-order valence-electron chi connectivity index (χ3n) is 2.56. The maximum absolute atomic E-state index is 13.2. The predicted molar refractivity (Wildman–Crippen MR) is 65.1 cm³/mol. The molecule has 0 aliphatic heterocycles. The molecule has 1 aromatic carbocycles. The van der Waals surface area contributed by atoms with Gasteiger partial charge in [-0.1, -0.05) is 18.3 Å². The Morgan fingerprint density at radius 3 is 3.00 bits per heavy atom. The summed E-state index contributed by atoms with van der Waals surface area (Å²) in [5.74, 6) is 0.326. The molecule has 0 saturated carbocycles. The number of aromatic hydroxyl groups is 1. The summed E-state index contributed by atoms with van der Waals surface area (Å²) >= 11 is 1.26. The summed E-state index contributed by atoms with van der Waals surface area (Å²) in [4.78, 5) is 0.630. The molecule has 3 rings (SSSR count). The fraction of sp³-hybridized carbons (Fsp3) is 0.182. The number of rotatable bonds is 2. The SMILES string of the molecule is CCc1nnc2sc(-c3cc(F)ccc3O)nn12. The first-order valence-corrected chi connectivity index (χ1v) is 6.20. The van der Waals surface area contributed by atoms with Crippen molar-refractivity contribution in [3.63, 3.8) is 0 Å². The molecule has 0 radical (unpaired) electrons. The lowest BCUT2D eigenvalue weighted by Crippen LogP contribution is -1.93. The van der Waals surface area contributed by atoms with Crippen LogP contribution in [0.15, 0.2) is 18.2 Å². The Hall–Kier alpha value is -2.02. The van der Waals surface area contributed by atoms with E-state index >= 15 is 0 Å². The van der Waals surface area contributed by atoms with E-state index in [0.29, 0.717) is 22.0 Å². The Labute approximate surface area is 106 Å². The minimum absolute atomic E-state index is 0.000546. The molecule has 0 bridgehead atoms. The highest BCUT2D eigenvalue weighted by Crippen LogP contribution is 2.32. The molecule has 0 atom stereocenters. The fourth-order valence-electron chi connectivity index (χ4n) is 1.67. The quantitative estimate of drug-likeness (QED) is 0.771. The third kappa shape index (κ3) is 1.63. The summed E-state index contributed by atoms with van der Waals surface area (Å²) in [6, 6.07) is 3.77. The van der Waals surface area contributed by atoms with Gasteiger partial charge in [-0.25, -0.2) is 4.39 Å². The van der Waals surface area contributed by atoms with Gasteiger partial charge < -0.3 is 5.11 Å². The number of phenolic OH excluding ortho intramolecular Hbond substituents is 1. The van der Waals surface area contributed by atoms with Crippen LogP contribution in [0.2, 0.25) is 0 Å². The Morgan fingerprint density at radius 1 is 1.39 bits per heavy atom. The molecule has 0 aliphatic rings. The molecule has 0 amide bonds. The molecule has 18 heavy (non-hydrogen) atoms. The Bertz CT molecular complexity index is 721. The van der Waals surface area contributed by atoms with Crippen LogP contribution in [0.1, 0.15) is 12.7 Å². The van der Waals surface area contributed by atoms with E-state index in [1.165, 1.54) is 29.5 Å². The molecule has 3 aromatic rings. The third-order valence-corrected chi connectivity index (χ3v) is 3.49. The molecule has 92 valence electrons. The van der Waals surface area contributed by atoms with Crippen LogP contribution in [0.4, 0.5) is 4.39 Å². The van der Waals surface area contributed by atoms with Crippen molar-refractivity contribution in [1.29, 1.82) is 0 Å². The van der Waals surface area contributed by atoms with Gasteiger partial charge in [0, 0.05) is 6.42 Å². The average Bonchev–Trinajstić information content (AvgIpc) is 2.91. The van der Waals surface area contributed by atoms with E-state index in [-0.39, 0.29) is 5.75 Å². The molecule has 0 fully saturated rings. The molecule has 0 saturated heterocycles. The first-order chi connectivity index (χ1) is 8.69. The van der Waals surface area contributed by atoms with Crippen LogP contribution in [-0.2, 0) is 6.42 Å². The zero-order valence-electron chi connectivity index (χ0n) is 9.46. The molecule has 0 unspecified atom stereocenters. The van der Waals surface area contributed by atoms with Gasteiger partial charge in [0.2, 0.25) is 4.96 Å². The number of hydrogen-bond acceptors (Lipinski definition) is 5. The van der Waals surface area contributed by atoms with E-state index in [1.54, 1.807) is 4.52 Å². The first-order valence-electron chi connectivity index (χ1n) is 5.39. The Balaban J connectivity index is 2.19. The van der Waals surface area contributed by atoms with Gasteiger partial charge in [0.15, 0.2) is 10.8 Å². The average molecular weight is 264 g/mol. The molecule has 0 aliphatic carbocycles.